The molecule has 0 radical (unpaired) electrons. The topological polar surface area (TPSA) is 97.8 Å². The van der Waals surface area contributed by atoms with Crippen molar-refractivity contribution in [2.75, 3.05) is 12.4 Å². The van der Waals surface area contributed by atoms with Crippen LogP contribution in [-0.4, -0.2) is 29.1 Å². The van der Waals surface area contributed by atoms with Gasteiger partial charge in [-0.05, 0) is 36.2 Å². The molecule has 0 bridgehead atoms. The first kappa shape index (κ1) is 16.8. The Bertz CT molecular complexity index is 778. The molecular formula is C18H18N2O5. The fraction of sp³-hybridized carbons (Fsp3) is 0.278. The zero-order valence-electron chi connectivity index (χ0n) is 13.6. The quantitative estimate of drug-likeness (QED) is 0.801. The number of hydrogen-bond acceptors (Lipinski definition) is 5. The number of ether oxygens (including phenoxy) is 2. The second-order valence-corrected chi connectivity index (χ2v) is 5.79. The molecule has 1 aromatic carbocycles. The van der Waals surface area contributed by atoms with E-state index in [0.29, 0.717) is 30.2 Å². The van der Waals surface area contributed by atoms with E-state index in [9.17, 15) is 9.59 Å². The van der Waals surface area contributed by atoms with Crippen LogP contribution in [0.3, 0.4) is 0 Å². The van der Waals surface area contributed by atoms with E-state index in [2.05, 4.69) is 10.3 Å². The van der Waals surface area contributed by atoms with Gasteiger partial charge in [0.1, 0.15) is 6.61 Å². The molecule has 2 atom stereocenters. The molecule has 0 aliphatic heterocycles. The van der Waals surface area contributed by atoms with Crippen molar-refractivity contribution in [1.82, 2.24) is 4.98 Å². The van der Waals surface area contributed by atoms with Gasteiger partial charge in [-0.3, -0.25) is 14.6 Å². The first-order chi connectivity index (χ1) is 12.1. The van der Waals surface area contributed by atoms with Gasteiger partial charge in [-0.15, -0.1) is 0 Å². The summed E-state index contributed by atoms with van der Waals surface area (Å²) >= 11 is 0. The van der Waals surface area contributed by atoms with E-state index in [4.69, 9.17) is 14.6 Å². The number of hydrogen-bond donors (Lipinski definition) is 2. The molecule has 2 unspecified atom stereocenters. The Labute approximate surface area is 144 Å². The summed E-state index contributed by atoms with van der Waals surface area (Å²) in [6.07, 6.45) is 3.74. The fourth-order valence-electron chi connectivity index (χ4n) is 2.50. The van der Waals surface area contributed by atoms with Crippen molar-refractivity contribution < 1.29 is 24.2 Å². The highest BCUT2D eigenvalue weighted by Gasteiger charge is 2.48. The van der Waals surface area contributed by atoms with Crippen molar-refractivity contribution in [2.45, 2.75) is 13.0 Å². The summed E-state index contributed by atoms with van der Waals surface area (Å²) in [4.78, 5) is 26.9. The molecule has 1 heterocycles. The third-order valence-electron chi connectivity index (χ3n) is 4.02. The lowest BCUT2D eigenvalue weighted by Crippen LogP contribution is -2.16. The predicted octanol–water partition coefficient (Wildman–Crippen LogP) is 2.33. The summed E-state index contributed by atoms with van der Waals surface area (Å²) in [5.41, 5.74) is 1.49. The van der Waals surface area contributed by atoms with Crippen molar-refractivity contribution in [3.05, 3.63) is 48.3 Å². The van der Waals surface area contributed by atoms with E-state index in [0.717, 1.165) is 5.56 Å². The molecule has 1 fully saturated rings. The summed E-state index contributed by atoms with van der Waals surface area (Å²) in [5.74, 6) is -1.25. The number of methoxy groups -OCH3 is 1. The van der Waals surface area contributed by atoms with Gasteiger partial charge in [0.25, 0.3) is 0 Å². The zero-order valence-corrected chi connectivity index (χ0v) is 13.6. The number of amides is 1. The molecule has 1 aliphatic rings. The Hall–Kier alpha value is -3.09. The molecule has 0 saturated heterocycles. The van der Waals surface area contributed by atoms with Crippen LogP contribution in [0.2, 0.25) is 0 Å². The van der Waals surface area contributed by atoms with Gasteiger partial charge >= 0.3 is 5.97 Å². The van der Waals surface area contributed by atoms with Crippen molar-refractivity contribution in [1.29, 1.82) is 0 Å². The minimum absolute atomic E-state index is 0.294. The van der Waals surface area contributed by atoms with Crippen LogP contribution < -0.4 is 14.8 Å². The molecule has 2 aromatic rings. The lowest BCUT2D eigenvalue weighted by molar-refractivity contribution is -0.139. The molecule has 3 rings (SSSR count). The highest BCUT2D eigenvalue weighted by molar-refractivity contribution is 5.98. The number of anilines is 1. The molecule has 1 amide bonds. The second kappa shape index (κ2) is 7.21. The van der Waals surface area contributed by atoms with Crippen LogP contribution >= 0.6 is 0 Å². The predicted molar refractivity (Wildman–Crippen MR) is 89.4 cm³/mol. The van der Waals surface area contributed by atoms with Crippen molar-refractivity contribution in [3.63, 3.8) is 0 Å². The molecule has 1 aromatic heterocycles. The Morgan fingerprint density at radius 1 is 1.20 bits per heavy atom. The number of carbonyl (C=O) groups excluding carboxylic acids is 1. The number of nitrogens with zero attached hydrogens (tertiary/aromatic N) is 1. The van der Waals surface area contributed by atoms with E-state index in [-0.39, 0.29) is 5.91 Å². The van der Waals surface area contributed by atoms with Crippen LogP contribution in [0.5, 0.6) is 11.5 Å². The summed E-state index contributed by atoms with van der Waals surface area (Å²) in [6.45, 7) is 0.333. The first-order valence-corrected chi connectivity index (χ1v) is 7.82. The zero-order chi connectivity index (χ0) is 17.8. The molecule has 7 heteroatoms. The number of rotatable bonds is 7. The maximum atomic E-state index is 12.1. The molecule has 130 valence electrons. The van der Waals surface area contributed by atoms with Gasteiger partial charge in [0.15, 0.2) is 11.5 Å². The maximum absolute atomic E-state index is 12.1. The van der Waals surface area contributed by atoms with Gasteiger partial charge in [-0.1, -0.05) is 0 Å². The molecular weight excluding hydrogens is 324 g/mol. The summed E-state index contributed by atoms with van der Waals surface area (Å²) in [5, 5.41) is 11.6. The molecule has 2 N–H and O–H groups in total. The van der Waals surface area contributed by atoms with E-state index >= 15 is 0 Å². The molecule has 0 spiro atoms. The number of aliphatic carboxylic acids is 1. The number of aromatic nitrogens is 1. The summed E-state index contributed by atoms with van der Waals surface area (Å²) < 4.78 is 11.0. The van der Waals surface area contributed by atoms with Gasteiger partial charge in [0, 0.05) is 24.1 Å². The SMILES string of the molecule is COc1ccc(NC(=O)C2CC2C(=O)O)cc1OCc1ccncc1. The molecule has 1 saturated carbocycles. The van der Waals surface area contributed by atoms with Crippen LogP contribution in [0.25, 0.3) is 0 Å². The fourth-order valence-corrected chi connectivity index (χ4v) is 2.50. The van der Waals surface area contributed by atoms with Crippen LogP contribution in [0, 0.1) is 11.8 Å². The van der Waals surface area contributed by atoms with Crippen molar-refractivity contribution in [3.8, 4) is 11.5 Å². The van der Waals surface area contributed by atoms with Crippen LogP contribution in [-0.2, 0) is 16.2 Å². The minimum atomic E-state index is -0.934. The van der Waals surface area contributed by atoms with Crippen LogP contribution in [0.4, 0.5) is 5.69 Å². The van der Waals surface area contributed by atoms with E-state index in [1.807, 2.05) is 12.1 Å². The summed E-state index contributed by atoms with van der Waals surface area (Å²) in [7, 11) is 1.54. The smallest absolute Gasteiger partial charge is 0.307 e. The third kappa shape index (κ3) is 4.06. The number of carboxylic acid groups (broad SMARTS) is 1. The maximum Gasteiger partial charge on any atom is 0.307 e. The van der Waals surface area contributed by atoms with E-state index in [1.165, 1.54) is 7.11 Å². The highest BCUT2D eigenvalue weighted by Crippen LogP contribution is 2.40. The minimum Gasteiger partial charge on any atom is -0.493 e. The standard InChI is InChI=1S/C18H18N2O5/c1-24-15-3-2-12(20-17(21)13-9-14(13)18(22)23)8-16(15)25-10-11-4-6-19-7-5-11/h2-8,13-14H,9-10H2,1H3,(H,20,21)(H,22,23). The van der Waals surface area contributed by atoms with E-state index < -0.39 is 17.8 Å². The average molecular weight is 342 g/mol. The lowest BCUT2D eigenvalue weighted by Gasteiger charge is -2.13. The number of benzene rings is 1. The van der Waals surface area contributed by atoms with Gasteiger partial charge in [0.05, 0.1) is 18.9 Å². The van der Waals surface area contributed by atoms with Crippen molar-refractivity contribution in [2.24, 2.45) is 11.8 Å². The van der Waals surface area contributed by atoms with Gasteiger partial charge in [-0.25, -0.2) is 0 Å². The Morgan fingerprint density at radius 3 is 2.60 bits per heavy atom. The summed E-state index contributed by atoms with van der Waals surface area (Å²) in [6, 6.07) is 8.73. The number of pyridine rings is 1. The second-order valence-electron chi connectivity index (χ2n) is 5.79. The third-order valence-corrected chi connectivity index (χ3v) is 4.02. The van der Waals surface area contributed by atoms with Crippen LogP contribution in [0.1, 0.15) is 12.0 Å². The number of nitrogens with one attached hydrogen (secondary N) is 1. The van der Waals surface area contributed by atoms with Crippen molar-refractivity contribution >= 4 is 17.6 Å². The number of carboxylic acids is 1. The van der Waals surface area contributed by atoms with Crippen LogP contribution in [0.15, 0.2) is 42.7 Å². The lowest BCUT2D eigenvalue weighted by atomic mass is 10.2. The van der Waals surface area contributed by atoms with E-state index in [1.54, 1.807) is 30.6 Å². The Kier molecular flexibility index (Phi) is 4.83. The molecule has 7 nitrogen and oxygen atoms in total. The average Bonchev–Trinajstić information content (AvgIpc) is 3.42. The first-order valence-electron chi connectivity index (χ1n) is 7.82. The van der Waals surface area contributed by atoms with Gasteiger partial charge in [-0.2, -0.15) is 0 Å². The molecule has 1 aliphatic carbocycles. The molecule has 25 heavy (non-hydrogen) atoms. The number of carbonyl (C=O) groups is 2. The highest BCUT2D eigenvalue weighted by atomic mass is 16.5. The monoisotopic (exact) mass is 342 g/mol. The van der Waals surface area contributed by atoms with Gasteiger partial charge < -0.3 is 19.9 Å². The largest absolute Gasteiger partial charge is 0.493 e. The van der Waals surface area contributed by atoms with Gasteiger partial charge in [0.2, 0.25) is 5.91 Å². The Balaban J connectivity index is 1.67. The Morgan fingerprint density at radius 2 is 1.96 bits per heavy atom. The normalized spacial score (nSPS) is 18.3.